The first-order valence-electron chi connectivity index (χ1n) is 3.37. The van der Waals surface area contributed by atoms with Gasteiger partial charge in [0.15, 0.2) is 0 Å². The maximum absolute atomic E-state index is 5.39. The van der Waals surface area contributed by atoms with Crippen molar-refractivity contribution in [3.05, 3.63) is 17.5 Å². The van der Waals surface area contributed by atoms with Crippen molar-refractivity contribution in [3.8, 4) is 0 Å². The second-order valence-electron chi connectivity index (χ2n) is 2.54. The second kappa shape index (κ2) is 3.00. The summed E-state index contributed by atoms with van der Waals surface area (Å²) in [5, 5.41) is 4.17. The summed E-state index contributed by atoms with van der Waals surface area (Å²) in [6, 6.07) is 1.99. The summed E-state index contributed by atoms with van der Waals surface area (Å²) >= 11 is 4.78. The van der Waals surface area contributed by atoms with Gasteiger partial charge in [0.05, 0.1) is 10.7 Å². The molecule has 11 heavy (non-hydrogen) atoms. The number of thiocarbonyl (C=S) groups is 1. The van der Waals surface area contributed by atoms with Gasteiger partial charge in [-0.15, -0.1) is 0 Å². The summed E-state index contributed by atoms with van der Waals surface area (Å²) in [6.07, 6.45) is 0.632. The van der Waals surface area contributed by atoms with Crippen molar-refractivity contribution < 1.29 is 0 Å². The number of hydrogen-bond donors (Lipinski definition) is 1. The van der Waals surface area contributed by atoms with E-state index in [0.29, 0.717) is 11.4 Å². The van der Waals surface area contributed by atoms with E-state index in [4.69, 9.17) is 18.0 Å². The van der Waals surface area contributed by atoms with Crippen LogP contribution in [0.3, 0.4) is 0 Å². The quantitative estimate of drug-likeness (QED) is 0.658. The first-order valence-corrected chi connectivity index (χ1v) is 3.78. The molecule has 1 aromatic rings. The number of aromatic nitrogens is 2. The summed E-state index contributed by atoms with van der Waals surface area (Å²) in [7, 11) is 1.89. The number of nitrogens with two attached hydrogens (primary N) is 1. The lowest BCUT2D eigenvalue weighted by Gasteiger charge is -1.97. The average Bonchev–Trinajstić information content (AvgIpc) is 2.09. The molecule has 3 nitrogen and oxygen atoms in total. The van der Waals surface area contributed by atoms with Crippen LogP contribution in [-0.2, 0) is 13.5 Å². The summed E-state index contributed by atoms with van der Waals surface area (Å²) in [4.78, 5) is 0.507. The average molecular weight is 169 g/mol. The van der Waals surface area contributed by atoms with Crippen molar-refractivity contribution in [2.24, 2.45) is 12.8 Å². The first-order chi connectivity index (χ1) is 5.09. The molecule has 4 heteroatoms. The zero-order valence-electron chi connectivity index (χ0n) is 6.66. The van der Waals surface area contributed by atoms with E-state index in [1.165, 1.54) is 0 Å². The monoisotopic (exact) mass is 169 g/mol. The predicted octanol–water partition coefficient (Wildman–Crippen LogP) is 0.557. The number of hydrogen-bond acceptors (Lipinski definition) is 2. The molecule has 0 atom stereocenters. The van der Waals surface area contributed by atoms with Crippen LogP contribution in [0.4, 0.5) is 0 Å². The smallest absolute Gasteiger partial charge is 0.0787 e. The number of nitrogens with zero attached hydrogens (tertiary/aromatic N) is 2. The molecule has 0 aliphatic carbocycles. The van der Waals surface area contributed by atoms with E-state index in [1.807, 2.05) is 20.0 Å². The molecule has 2 N–H and O–H groups in total. The SMILES string of the molecule is Cc1cc(CC(N)=S)n(C)n1. The molecule has 60 valence electrons. The van der Waals surface area contributed by atoms with Crippen LogP contribution >= 0.6 is 12.2 Å². The van der Waals surface area contributed by atoms with Crippen molar-refractivity contribution in [3.63, 3.8) is 0 Å². The Kier molecular flexibility index (Phi) is 2.24. The Balaban J connectivity index is 2.85. The van der Waals surface area contributed by atoms with Gasteiger partial charge in [0.2, 0.25) is 0 Å². The summed E-state index contributed by atoms with van der Waals surface area (Å²) in [6.45, 7) is 1.95. The lowest BCUT2D eigenvalue weighted by Crippen LogP contribution is -2.13. The van der Waals surface area contributed by atoms with Gasteiger partial charge in [-0.2, -0.15) is 5.10 Å². The van der Waals surface area contributed by atoms with Crippen molar-refractivity contribution in [1.82, 2.24) is 9.78 Å². The summed E-state index contributed by atoms with van der Waals surface area (Å²) < 4.78 is 1.80. The molecule has 0 spiro atoms. The highest BCUT2D eigenvalue weighted by molar-refractivity contribution is 7.80. The van der Waals surface area contributed by atoms with Gasteiger partial charge in [-0.3, -0.25) is 4.68 Å². The van der Waals surface area contributed by atoms with Gasteiger partial charge >= 0.3 is 0 Å². The molecule has 0 radical (unpaired) electrons. The fraction of sp³-hybridized carbons (Fsp3) is 0.429. The standard InChI is InChI=1S/C7H11N3S/c1-5-3-6(4-7(8)11)10(2)9-5/h3H,4H2,1-2H3,(H2,8,11). The van der Waals surface area contributed by atoms with Crippen LogP contribution in [0.1, 0.15) is 11.4 Å². The molecule has 0 unspecified atom stereocenters. The van der Waals surface area contributed by atoms with Crippen molar-refractivity contribution >= 4 is 17.2 Å². The van der Waals surface area contributed by atoms with Gasteiger partial charge in [-0.25, -0.2) is 0 Å². The van der Waals surface area contributed by atoms with E-state index in [-0.39, 0.29) is 0 Å². The Bertz CT molecular complexity index is 277. The van der Waals surface area contributed by atoms with E-state index < -0.39 is 0 Å². The van der Waals surface area contributed by atoms with Crippen LogP contribution in [0.25, 0.3) is 0 Å². The summed E-state index contributed by atoms with van der Waals surface area (Å²) in [5.74, 6) is 0. The van der Waals surface area contributed by atoms with Gasteiger partial charge in [-0.05, 0) is 13.0 Å². The third-order valence-corrected chi connectivity index (χ3v) is 1.60. The fourth-order valence-corrected chi connectivity index (χ4v) is 1.16. The topological polar surface area (TPSA) is 43.8 Å². The van der Waals surface area contributed by atoms with Crippen LogP contribution in [0.15, 0.2) is 6.07 Å². The molecule has 1 heterocycles. The second-order valence-corrected chi connectivity index (χ2v) is 3.07. The van der Waals surface area contributed by atoms with Crippen LogP contribution in [-0.4, -0.2) is 14.8 Å². The van der Waals surface area contributed by atoms with E-state index in [0.717, 1.165) is 11.4 Å². The van der Waals surface area contributed by atoms with Crippen molar-refractivity contribution in [2.75, 3.05) is 0 Å². The Labute approximate surface area is 71.2 Å². The third kappa shape index (κ3) is 2.01. The zero-order chi connectivity index (χ0) is 8.43. The Morgan fingerprint density at radius 3 is 2.82 bits per heavy atom. The molecular weight excluding hydrogens is 158 g/mol. The lowest BCUT2D eigenvalue weighted by atomic mass is 10.3. The summed E-state index contributed by atoms with van der Waals surface area (Å²) in [5.41, 5.74) is 7.46. The van der Waals surface area contributed by atoms with Crippen LogP contribution in [0, 0.1) is 6.92 Å². The minimum Gasteiger partial charge on any atom is -0.393 e. The lowest BCUT2D eigenvalue weighted by molar-refractivity contribution is 0.724. The van der Waals surface area contributed by atoms with Crippen LogP contribution in [0.5, 0.6) is 0 Å². The molecule has 0 bridgehead atoms. The van der Waals surface area contributed by atoms with Crippen molar-refractivity contribution in [2.45, 2.75) is 13.3 Å². The van der Waals surface area contributed by atoms with E-state index >= 15 is 0 Å². The Morgan fingerprint density at radius 2 is 2.45 bits per heavy atom. The normalized spacial score (nSPS) is 10.0. The highest BCUT2D eigenvalue weighted by Crippen LogP contribution is 2.01. The fourth-order valence-electron chi connectivity index (χ4n) is 1.01. The Hall–Kier alpha value is -0.900. The molecule has 0 aliphatic heterocycles. The molecular formula is C7H11N3S. The van der Waals surface area contributed by atoms with Crippen LogP contribution in [0.2, 0.25) is 0 Å². The third-order valence-electron chi connectivity index (χ3n) is 1.45. The van der Waals surface area contributed by atoms with Crippen molar-refractivity contribution in [1.29, 1.82) is 0 Å². The van der Waals surface area contributed by atoms with Gasteiger partial charge in [0.1, 0.15) is 0 Å². The van der Waals surface area contributed by atoms with Gasteiger partial charge < -0.3 is 5.73 Å². The number of rotatable bonds is 2. The maximum Gasteiger partial charge on any atom is 0.0787 e. The molecule has 0 amide bonds. The molecule has 0 fully saturated rings. The highest BCUT2D eigenvalue weighted by Gasteiger charge is 2.01. The van der Waals surface area contributed by atoms with Crippen LogP contribution < -0.4 is 5.73 Å². The van der Waals surface area contributed by atoms with E-state index in [1.54, 1.807) is 4.68 Å². The minimum absolute atomic E-state index is 0.507. The van der Waals surface area contributed by atoms with Gasteiger partial charge in [0.25, 0.3) is 0 Å². The molecule has 0 aromatic carbocycles. The molecule has 1 aromatic heterocycles. The van der Waals surface area contributed by atoms with Gasteiger partial charge in [0, 0.05) is 19.2 Å². The number of aryl methyl sites for hydroxylation is 2. The molecule has 0 saturated carbocycles. The Morgan fingerprint density at radius 1 is 1.82 bits per heavy atom. The minimum atomic E-state index is 0.507. The van der Waals surface area contributed by atoms with E-state index in [2.05, 4.69) is 5.10 Å². The highest BCUT2D eigenvalue weighted by atomic mass is 32.1. The first kappa shape index (κ1) is 8.20. The maximum atomic E-state index is 5.39. The molecule has 0 aliphatic rings. The van der Waals surface area contributed by atoms with Gasteiger partial charge in [-0.1, -0.05) is 12.2 Å². The zero-order valence-corrected chi connectivity index (χ0v) is 7.48. The largest absolute Gasteiger partial charge is 0.393 e. The van der Waals surface area contributed by atoms with E-state index in [9.17, 15) is 0 Å². The molecule has 1 rings (SSSR count). The molecule has 0 saturated heterocycles. The predicted molar refractivity (Wildman–Crippen MR) is 48.4 cm³/mol.